The number of nitrogens with one attached hydrogen (secondary N) is 3. The van der Waals surface area contributed by atoms with Crippen LogP contribution in [0.15, 0.2) is 83.3 Å². The van der Waals surface area contributed by atoms with Gasteiger partial charge in [-0.3, -0.25) is 14.9 Å². The van der Waals surface area contributed by atoms with Gasteiger partial charge < -0.3 is 10.6 Å². The van der Waals surface area contributed by atoms with Crippen molar-refractivity contribution in [1.29, 1.82) is 0 Å². The molecule has 124 valence electrons. The van der Waals surface area contributed by atoms with Gasteiger partial charge >= 0.3 is 0 Å². The van der Waals surface area contributed by atoms with Crippen LogP contribution in [0.25, 0.3) is 0 Å². The molecule has 3 aliphatic heterocycles. The molecular formula is C20H17N3O2. The van der Waals surface area contributed by atoms with Gasteiger partial charge in [0.05, 0.1) is 23.2 Å². The molecule has 0 saturated carbocycles. The van der Waals surface area contributed by atoms with E-state index in [1.807, 2.05) is 36.7 Å². The SMILES string of the molecule is O=C1NC(=O)C(C2=CNC3C=CC=CC23)=C1C1=CNC2C=CC=CC12. The molecule has 0 aromatic carbocycles. The van der Waals surface area contributed by atoms with Gasteiger partial charge in [0, 0.05) is 24.2 Å². The second-order valence-corrected chi connectivity index (χ2v) is 6.71. The molecule has 2 amide bonds. The summed E-state index contributed by atoms with van der Waals surface area (Å²) in [7, 11) is 0. The first kappa shape index (κ1) is 14.3. The van der Waals surface area contributed by atoms with Gasteiger partial charge in [0.1, 0.15) is 0 Å². The maximum Gasteiger partial charge on any atom is 0.259 e. The first-order chi connectivity index (χ1) is 12.2. The van der Waals surface area contributed by atoms with Crippen LogP contribution in [0.3, 0.4) is 0 Å². The Bertz CT molecular complexity index is 826. The Labute approximate surface area is 145 Å². The van der Waals surface area contributed by atoms with Gasteiger partial charge in [0.15, 0.2) is 0 Å². The highest BCUT2D eigenvalue weighted by Crippen LogP contribution is 2.40. The van der Waals surface area contributed by atoms with Gasteiger partial charge in [-0.2, -0.15) is 0 Å². The minimum absolute atomic E-state index is 0.0687. The highest BCUT2D eigenvalue weighted by Gasteiger charge is 2.42. The number of carbonyl (C=O) groups excluding carboxylic acids is 2. The Balaban J connectivity index is 1.60. The third-order valence-electron chi connectivity index (χ3n) is 5.36. The molecule has 4 unspecified atom stereocenters. The zero-order chi connectivity index (χ0) is 17.0. The molecule has 0 radical (unpaired) electrons. The van der Waals surface area contributed by atoms with Gasteiger partial charge in [0.2, 0.25) is 0 Å². The van der Waals surface area contributed by atoms with E-state index in [2.05, 4.69) is 40.3 Å². The van der Waals surface area contributed by atoms with Crippen LogP contribution in [0.4, 0.5) is 0 Å². The lowest BCUT2D eigenvalue weighted by molar-refractivity contribution is -0.124. The lowest BCUT2D eigenvalue weighted by atomic mass is 9.81. The third-order valence-corrected chi connectivity index (χ3v) is 5.36. The van der Waals surface area contributed by atoms with Crippen LogP contribution in [0.1, 0.15) is 0 Å². The van der Waals surface area contributed by atoms with E-state index >= 15 is 0 Å². The molecule has 5 nitrogen and oxygen atoms in total. The van der Waals surface area contributed by atoms with Gasteiger partial charge in [0.25, 0.3) is 11.8 Å². The lowest BCUT2D eigenvalue weighted by Crippen LogP contribution is -2.27. The summed E-state index contributed by atoms with van der Waals surface area (Å²) in [5.74, 6) is -0.480. The normalized spacial score (nSPS) is 34.4. The highest BCUT2D eigenvalue weighted by atomic mass is 16.2. The van der Waals surface area contributed by atoms with E-state index in [-0.39, 0.29) is 35.7 Å². The molecule has 5 rings (SSSR count). The van der Waals surface area contributed by atoms with Gasteiger partial charge in [-0.25, -0.2) is 0 Å². The van der Waals surface area contributed by atoms with Crippen LogP contribution in [0, 0.1) is 11.8 Å². The second-order valence-electron chi connectivity index (χ2n) is 6.71. The minimum atomic E-state index is -0.309. The van der Waals surface area contributed by atoms with E-state index in [4.69, 9.17) is 0 Å². The number of fused-ring (bicyclic) bond motifs is 2. The van der Waals surface area contributed by atoms with E-state index in [1.54, 1.807) is 0 Å². The fraction of sp³-hybridized carbons (Fsp3) is 0.200. The van der Waals surface area contributed by atoms with E-state index in [1.165, 1.54) is 0 Å². The number of allylic oxidation sites excluding steroid dienone is 4. The van der Waals surface area contributed by atoms with Crippen LogP contribution < -0.4 is 16.0 Å². The first-order valence-electron chi connectivity index (χ1n) is 8.47. The zero-order valence-electron chi connectivity index (χ0n) is 13.4. The molecule has 0 fully saturated rings. The summed E-state index contributed by atoms with van der Waals surface area (Å²) in [6.07, 6.45) is 20.0. The smallest absolute Gasteiger partial charge is 0.259 e. The number of hydrogen-bond acceptors (Lipinski definition) is 4. The van der Waals surface area contributed by atoms with Crippen molar-refractivity contribution in [2.45, 2.75) is 12.1 Å². The fourth-order valence-electron chi connectivity index (χ4n) is 4.18. The molecule has 4 atom stereocenters. The summed E-state index contributed by atoms with van der Waals surface area (Å²) in [6, 6.07) is 0.274. The van der Waals surface area contributed by atoms with Gasteiger partial charge in [-0.15, -0.1) is 0 Å². The predicted octanol–water partition coefficient (Wildman–Crippen LogP) is 1.14. The summed E-state index contributed by atoms with van der Waals surface area (Å²) >= 11 is 0. The van der Waals surface area contributed by atoms with Crippen molar-refractivity contribution in [2.24, 2.45) is 11.8 Å². The molecular weight excluding hydrogens is 314 g/mol. The monoisotopic (exact) mass is 331 g/mol. The highest BCUT2D eigenvalue weighted by molar-refractivity contribution is 6.23. The number of hydrogen-bond donors (Lipinski definition) is 3. The standard InChI is InChI=1S/C20H17N3O2/c24-19-17(13-9-21-15-7-3-1-5-11(13)15)18(20(25)23-19)14-10-22-16-8-4-2-6-12(14)16/h1-12,15-16,21-22H,(H,23,24,25). The van der Waals surface area contributed by atoms with Crippen LogP contribution in [-0.2, 0) is 9.59 Å². The van der Waals surface area contributed by atoms with Gasteiger partial charge in [-0.1, -0.05) is 48.6 Å². The van der Waals surface area contributed by atoms with Gasteiger partial charge in [-0.05, 0) is 11.1 Å². The summed E-state index contributed by atoms with van der Waals surface area (Å²) in [6.45, 7) is 0. The maximum atomic E-state index is 12.6. The molecule has 0 saturated heterocycles. The first-order valence-corrected chi connectivity index (χ1v) is 8.47. The molecule has 0 bridgehead atoms. The van der Waals surface area contributed by atoms with E-state index in [0.29, 0.717) is 11.1 Å². The number of carbonyl (C=O) groups is 2. The summed E-state index contributed by atoms with van der Waals surface area (Å²) in [4.78, 5) is 25.2. The molecule has 0 aromatic heterocycles. The van der Waals surface area contributed by atoms with Crippen LogP contribution in [0.2, 0.25) is 0 Å². The van der Waals surface area contributed by atoms with Crippen LogP contribution in [-0.4, -0.2) is 23.9 Å². The second kappa shape index (κ2) is 5.21. The van der Waals surface area contributed by atoms with Crippen molar-refractivity contribution in [3.63, 3.8) is 0 Å². The van der Waals surface area contributed by atoms with Crippen molar-refractivity contribution >= 4 is 11.8 Å². The number of rotatable bonds is 2. The lowest BCUT2D eigenvalue weighted by Gasteiger charge is -2.21. The predicted molar refractivity (Wildman–Crippen MR) is 93.7 cm³/mol. The molecule has 3 heterocycles. The molecule has 0 aromatic rings. The largest absolute Gasteiger partial charge is 0.383 e. The topological polar surface area (TPSA) is 70.2 Å². The Morgan fingerprint density at radius 2 is 1.08 bits per heavy atom. The van der Waals surface area contributed by atoms with E-state index < -0.39 is 0 Å². The Morgan fingerprint density at radius 3 is 1.56 bits per heavy atom. The van der Waals surface area contributed by atoms with Crippen molar-refractivity contribution in [3.05, 3.63) is 83.3 Å². The molecule has 5 aliphatic rings. The molecule has 25 heavy (non-hydrogen) atoms. The molecule has 2 aliphatic carbocycles. The van der Waals surface area contributed by atoms with Crippen molar-refractivity contribution in [1.82, 2.24) is 16.0 Å². The van der Waals surface area contributed by atoms with E-state index in [0.717, 1.165) is 11.1 Å². The molecule has 5 heteroatoms. The zero-order valence-corrected chi connectivity index (χ0v) is 13.4. The van der Waals surface area contributed by atoms with Crippen LogP contribution in [0.5, 0.6) is 0 Å². The Kier molecular flexibility index (Phi) is 2.98. The third kappa shape index (κ3) is 2.02. The maximum absolute atomic E-state index is 12.6. The van der Waals surface area contributed by atoms with E-state index in [9.17, 15) is 9.59 Å². The fourth-order valence-corrected chi connectivity index (χ4v) is 4.18. The van der Waals surface area contributed by atoms with Crippen molar-refractivity contribution < 1.29 is 9.59 Å². The number of amides is 2. The average Bonchev–Trinajstić information content (AvgIpc) is 3.30. The van der Waals surface area contributed by atoms with Crippen molar-refractivity contribution in [3.8, 4) is 0 Å². The summed E-state index contributed by atoms with van der Waals surface area (Å²) in [5.41, 5.74) is 2.76. The molecule has 3 N–H and O–H groups in total. The minimum Gasteiger partial charge on any atom is -0.383 e. The summed E-state index contributed by atoms with van der Waals surface area (Å²) in [5, 5.41) is 9.09. The molecule has 0 spiro atoms. The van der Waals surface area contributed by atoms with Crippen LogP contribution >= 0.6 is 0 Å². The average molecular weight is 331 g/mol. The van der Waals surface area contributed by atoms with Crippen molar-refractivity contribution in [2.75, 3.05) is 0 Å². The summed E-state index contributed by atoms with van der Waals surface area (Å²) < 4.78 is 0. The Morgan fingerprint density at radius 1 is 0.640 bits per heavy atom. The quantitative estimate of drug-likeness (QED) is 0.664. The number of imide groups is 1. The Hall–Kier alpha value is -3.08.